The van der Waals surface area contributed by atoms with Crippen molar-refractivity contribution < 1.29 is 24.6 Å². The van der Waals surface area contributed by atoms with Gasteiger partial charge in [-0.1, -0.05) is 6.08 Å². The van der Waals surface area contributed by atoms with Gasteiger partial charge in [0.15, 0.2) is 0 Å². The summed E-state index contributed by atoms with van der Waals surface area (Å²) in [4.78, 5) is 16.1. The minimum absolute atomic E-state index is 0. The van der Waals surface area contributed by atoms with Gasteiger partial charge in [0.05, 0.1) is 6.16 Å². The molecule has 0 spiro atoms. The van der Waals surface area contributed by atoms with E-state index in [1.807, 2.05) is 0 Å². The molecule has 7 heteroatoms. The minimum atomic E-state index is -3.78. The van der Waals surface area contributed by atoms with Crippen LogP contribution in [-0.4, -0.2) is 39.4 Å². The lowest BCUT2D eigenvalue weighted by molar-refractivity contribution is 0.318. The predicted molar refractivity (Wildman–Crippen MR) is 57.6 cm³/mol. The monoisotopic (exact) mass is 231 g/mol. The summed E-state index contributed by atoms with van der Waals surface area (Å²) >= 11 is 0. The Balaban J connectivity index is -0.0000000610. The lowest BCUT2D eigenvalue weighted by Crippen LogP contribution is -1.78. The van der Waals surface area contributed by atoms with Crippen molar-refractivity contribution in [1.29, 1.82) is 0 Å². The smallest absolute Gasteiger partial charge is 0.329 e. The summed E-state index contributed by atoms with van der Waals surface area (Å²) < 4.78 is 9.85. The Kier molecular flexibility index (Phi) is 31.1. The Labute approximate surface area is 85.0 Å². The maximum absolute atomic E-state index is 9.85. The van der Waals surface area contributed by atoms with E-state index in [4.69, 9.17) is 20.0 Å². The number of aliphatic hydroxyl groups excluding tert-OH is 2. The Morgan fingerprint density at radius 1 is 1.21 bits per heavy atom. The van der Waals surface area contributed by atoms with Crippen molar-refractivity contribution in [1.82, 2.24) is 6.15 Å². The molecule has 14 heavy (non-hydrogen) atoms. The van der Waals surface area contributed by atoms with Gasteiger partial charge in [-0.2, -0.15) is 0 Å². The lowest BCUT2D eigenvalue weighted by Gasteiger charge is -1.94. The van der Waals surface area contributed by atoms with E-state index in [0.29, 0.717) is 0 Å². The third kappa shape index (κ3) is 96.1. The minimum Gasteiger partial charge on any atom is -0.397 e. The van der Waals surface area contributed by atoms with Gasteiger partial charge in [0.1, 0.15) is 0 Å². The molecule has 90 valence electrons. The standard InChI is InChI=1S/C3H7O3P.2C2H6O.H3N/c1-2-3-7(4,5)6;2*1-2-3;/h2H,1,3H2,(H2,4,5,6);2*3H,2H2,1H3;1H3. The second kappa shape index (κ2) is 18.5. The predicted octanol–water partition coefficient (Wildman–Crippen LogP) is 0.509. The third-order valence-corrected chi connectivity index (χ3v) is 1.10. The van der Waals surface area contributed by atoms with Crippen molar-refractivity contribution >= 4 is 7.60 Å². The van der Waals surface area contributed by atoms with E-state index >= 15 is 0 Å². The van der Waals surface area contributed by atoms with Gasteiger partial charge >= 0.3 is 7.60 Å². The molecule has 0 radical (unpaired) electrons. The van der Waals surface area contributed by atoms with Crippen LogP contribution < -0.4 is 6.15 Å². The van der Waals surface area contributed by atoms with E-state index in [1.54, 1.807) is 13.8 Å². The van der Waals surface area contributed by atoms with Crippen molar-refractivity contribution in [3.63, 3.8) is 0 Å². The first-order chi connectivity index (χ1) is 5.89. The zero-order valence-electron chi connectivity index (χ0n) is 8.76. The van der Waals surface area contributed by atoms with Crippen molar-refractivity contribution in [2.24, 2.45) is 0 Å². The SMILES string of the molecule is C=CCP(=O)(O)O.CCO.CCO.N. The molecule has 0 aromatic heterocycles. The fraction of sp³-hybridized carbons (Fsp3) is 0.714. The van der Waals surface area contributed by atoms with Gasteiger partial charge in [0.2, 0.25) is 0 Å². The van der Waals surface area contributed by atoms with Crippen molar-refractivity contribution in [2.75, 3.05) is 19.4 Å². The summed E-state index contributed by atoms with van der Waals surface area (Å²) in [6.07, 6.45) is 0.966. The van der Waals surface area contributed by atoms with Crippen LogP contribution in [-0.2, 0) is 4.57 Å². The zero-order chi connectivity index (χ0) is 11.3. The molecule has 0 aliphatic rings. The summed E-state index contributed by atoms with van der Waals surface area (Å²) in [6.45, 7) is 7.01. The average molecular weight is 231 g/mol. The van der Waals surface area contributed by atoms with Crippen LogP contribution in [0.4, 0.5) is 0 Å². The van der Waals surface area contributed by atoms with Gasteiger partial charge in [0.25, 0.3) is 0 Å². The van der Waals surface area contributed by atoms with Gasteiger partial charge in [-0.15, -0.1) is 6.58 Å². The quantitative estimate of drug-likeness (QED) is 0.347. The second-order valence-corrected chi connectivity index (χ2v) is 3.46. The van der Waals surface area contributed by atoms with Crippen LogP contribution in [0.1, 0.15) is 13.8 Å². The molecular formula is C7H22NO5P. The van der Waals surface area contributed by atoms with Crippen LogP contribution in [0.5, 0.6) is 0 Å². The van der Waals surface area contributed by atoms with Crippen LogP contribution in [0.15, 0.2) is 12.7 Å². The van der Waals surface area contributed by atoms with Gasteiger partial charge in [0, 0.05) is 13.2 Å². The van der Waals surface area contributed by atoms with Gasteiger partial charge in [-0.25, -0.2) is 0 Å². The summed E-state index contributed by atoms with van der Waals surface area (Å²) in [5.41, 5.74) is 0. The largest absolute Gasteiger partial charge is 0.397 e. The molecule has 0 heterocycles. The molecular weight excluding hydrogens is 209 g/mol. The molecule has 7 N–H and O–H groups in total. The van der Waals surface area contributed by atoms with E-state index in [-0.39, 0.29) is 25.5 Å². The van der Waals surface area contributed by atoms with Crippen LogP contribution >= 0.6 is 7.60 Å². The van der Waals surface area contributed by atoms with Gasteiger partial charge in [-0.3, -0.25) is 4.57 Å². The molecule has 0 amide bonds. The molecule has 0 aromatic carbocycles. The highest BCUT2D eigenvalue weighted by atomic mass is 31.2. The molecule has 0 aromatic rings. The van der Waals surface area contributed by atoms with Crippen LogP contribution in [0.2, 0.25) is 0 Å². The number of aliphatic hydroxyl groups is 2. The molecule has 6 nitrogen and oxygen atoms in total. The molecule has 0 saturated heterocycles. The number of rotatable bonds is 2. The summed E-state index contributed by atoms with van der Waals surface area (Å²) in [5, 5.41) is 15.1. The van der Waals surface area contributed by atoms with Crippen LogP contribution in [0.3, 0.4) is 0 Å². The summed E-state index contributed by atoms with van der Waals surface area (Å²) in [7, 11) is -3.78. The number of hydrogen-bond donors (Lipinski definition) is 5. The van der Waals surface area contributed by atoms with E-state index in [1.165, 1.54) is 6.08 Å². The average Bonchev–Trinajstić information content (AvgIpc) is 1.87. The van der Waals surface area contributed by atoms with E-state index in [0.717, 1.165) is 0 Å². The molecule has 0 bridgehead atoms. The van der Waals surface area contributed by atoms with Gasteiger partial charge in [-0.05, 0) is 13.8 Å². The molecule has 0 rings (SSSR count). The fourth-order valence-electron chi connectivity index (χ4n) is 0.168. The Hall–Kier alpha value is -0.230. The first kappa shape index (κ1) is 23.5. The van der Waals surface area contributed by atoms with E-state index < -0.39 is 7.60 Å². The highest BCUT2D eigenvalue weighted by Crippen LogP contribution is 2.33. The van der Waals surface area contributed by atoms with Crippen LogP contribution in [0, 0.1) is 0 Å². The highest BCUT2D eigenvalue weighted by Gasteiger charge is 2.06. The molecule has 0 aliphatic carbocycles. The lowest BCUT2D eigenvalue weighted by atomic mass is 10.8. The molecule has 0 aliphatic heterocycles. The third-order valence-electron chi connectivity index (χ3n) is 0.367. The zero-order valence-corrected chi connectivity index (χ0v) is 9.65. The number of hydrogen-bond acceptors (Lipinski definition) is 4. The fourth-order valence-corrected chi connectivity index (χ4v) is 0.505. The summed E-state index contributed by atoms with van der Waals surface area (Å²) in [5.74, 6) is 0. The normalized spacial score (nSPS) is 8.14. The Morgan fingerprint density at radius 3 is 1.43 bits per heavy atom. The van der Waals surface area contributed by atoms with Crippen molar-refractivity contribution in [3.05, 3.63) is 12.7 Å². The summed E-state index contributed by atoms with van der Waals surface area (Å²) in [6, 6.07) is 0. The topological polar surface area (TPSA) is 133 Å². The second-order valence-electron chi connectivity index (χ2n) is 1.77. The van der Waals surface area contributed by atoms with E-state index in [2.05, 4.69) is 6.58 Å². The Morgan fingerprint density at radius 2 is 1.43 bits per heavy atom. The van der Waals surface area contributed by atoms with Crippen molar-refractivity contribution in [3.8, 4) is 0 Å². The first-order valence-corrected chi connectivity index (χ1v) is 5.56. The molecule has 0 saturated carbocycles. The van der Waals surface area contributed by atoms with Gasteiger partial charge < -0.3 is 26.2 Å². The van der Waals surface area contributed by atoms with Crippen molar-refractivity contribution in [2.45, 2.75) is 13.8 Å². The maximum atomic E-state index is 9.85. The molecule has 0 fully saturated rings. The maximum Gasteiger partial charge on any atom is 0.329 e. The Bertz CT molecular complexity index is 134. The first-order valence-electron chi connectivity index (χ1n) is 3.76. The van der Waals surface area contributed by atoms with Crippen LogP contribution in [0.25, 0.3) is 0 Å². The highest BCUT2D eigenvalue weighted by molar-refractivity contribution is 7.51. The van der Waals surface area contributed by atoms with E-state index in [9.17, 15) is 4.57 Å². The molecule has 0 unspecified atom stereocenters. The molecule has 0 atom stereocenters. The number of allylic oxidation sites excluding steroid dienone is 1.